The van der Waals surface area contributed by atoms with E-state index in [1.807, 2.05) is 11.0 Å². The number of phenolic OH excluding ortho intramolecular Hbond substituents is 1. The van der Waals surface area contributed by atoms with Crippen LogP contribution in [0.15, 0.2) is 24.3 Å². The Morgan fingerprint density at radius 2 is 2.33 bits per heavy atom. The lowest BCUT2D eigenvalue weighted by atomic mass is 9.93. The second kappa shape index (κ2) is 8.03. The number of rotatable bonds is 6. The van der Waals surface area contributed by atoms with E-state index >= 15 is 0 Å². The van der Waals surface area contributed by atoms with Gasteiger partial charge in [0, 0.05) is 26.8 Å². The Morgan fingerprint density at radius 1 is 1.48 bits per heavy atom. The number of methoxy groups -OCH3 is 1. The molecule has 0 unspecified atom stereocenters. The van der Waals surface area contributed by atoms with Crippen LogP contribution in [-0.4, -0.2) is 42.7 Å². The zero-order valence-electron chi connectivity index (χ0n) is 12.8. The number of amides is 1. The molecule has 1 aromatic carbocycles. The van der Waals surface area contributed by atoms with Gasteiger partial charge >= 0.3 is 0 Å². The highest BCUT2D eigenvalue weighted by Crippen LogP contribution is 2.22. The molecule has 0 spiro atoms. The van der Waals surface area contributed by atoms with Gasteiger partial charge in [-0.25, -0.2) is 0 Å². The van der Waals surface area contributed by atoms with Crippen LogP contribution in [0.2, 0.25) is 0 Å². The molecule has 4 heteroatoms. The highest BCUT2D eigenvalue weighted by Gasteiger charge is 2.23. The molecule has 1 N–H and O–H groups in total. The van der Waals surface area contributed by atoms with Gasteiger partial charge in [-0.1, -0.05) is 12.1 Å². The van der Waals surface area contributed by atoms with Crippen molar-refractivity contribution in [3.63, 3.8) is 0 Å². The number of carbonyl (C=O) groups excluding carboxylic acids is 1. The minimum atomic E-state index is 0.164. The lowest BCUT2D eigenvalue weighted by Crippen LogP contribution is -2.40. The van der Waals surface area contributed by atoms with E-state index < -0.39 is 0 Å². The summed E-state index contributed by atoms with van der Waals surface area (Å²) in [6.45, 7) is 2.52. The third-order valence-electron chi connectivity index (χ3n) is 4.10. The fourth-order valence-corrected chi connectivity index (χ4v) is 3.00. The maximum absolute atomic E-state index is 12.4. The summed E-state index contributed by atoms with van der Waals surface area (Å²) in [7, 11) is 1.73. The molecule has 0 saturated carbocycles. The minimum Gasteiger partial charge on any atom is -0.508 e. The SMILES string of the molecule is COCCC[C@H]1CCCN(C(=O)Cc2cccc(O)c2)C1. The number of likely N-dealkylation sites (tertiary alicyclic amines) is 1. The summed E-state index contributed by atoms with van der Waals surface area (Å²) in [5, 5.41) is 9.46. The summed E-state index contributed by atoms with van der Waals surface area (Å²) in [5.41, 5.74) is 0.876. The molecule has 2 rings (SSSR count). The summed E-state index contributed by atoms with van der Waals surface area (Å²) in [5.74, 6) is 0.982. The van der Waals surface area contributed by atoms with Gasteiger partial charge in [0.15, 0.2) is 0 Å². The molecule has 0 aromatic heterocycles. The highest BCUT2D eigenvalue weighted by atomic mass is 16.5. The number of carbonyl (C=O) groups is 1. The smallest absolute Gasteiger partial charge is 0.227 e. The van der Waals surface area contributed by atoms with Crippen LogP contribution >= 0.6 is 0 Å². The quantitative estimate of drug-likeness (QED) is 0.820. The van der Waals surface area contributed by atoms with Crippen molar-refractivity contribution in [2.45, 2.75) is 32.1 Å². The fraction of sp³-hybridized carbons (Fsp3) is 0.588. The van der Waals surface area contributed by atoms with Crippen LogP contribution in [0.1, 0.15) is 31.2 Å². The summed E-state index contributed by atoms with van der Waals surface area (Å²) >= 11 is 0. The average Bonchev–Trinajstić information content (AvgIpc) is 2.48. The predicted molar refractivity (Wildman–Crippen MR) is 82.2 cm³/mol. The van der Waals surface area contributed by atoms with Gasteiger partial charge in [0.1, 0.15) is 5.75 Å². The highest BCUT2D eigenvalue weighted by molar-refractivity contribution is 5.79. The van der Waals surface area contributed by atoms with Crippen molar-refractivity contribution in [1.82, 2.24) is 4.90 Å². The van der Waals surface area contributed by atoms with Crippen molar-refractivity contribution >= 4 is 5.91 Å². The molecular formula is C17H25NO3. The van der Waals surface area contributed by atoms with Gasteiger partial charge in [-0.05, 0) is 49.3 Å². The zero-order valence-corrected chi connectivity index (χ0v) is 12.8. The number of hydrogen-bond acceptors (Lipinski definition) is 3. The average molecular weight is 291 g/mol. The molecule has 1 aliphatic heterocycles. The van der Waals surface area contributed by atoms with Crippen LogP contribution in [0.5, 0.6) is 5.75 Å². The van der Waals surface area contributed by atoms with E-state index in [0.29, 0.717) is 12.3 Å². The maximum Gasteiger partial charge on any atom is 0.227 e. The molecule has 1 amide bonds. The normalized spacial score (nSPS) is 18.7. The molecule has 4 nitrogen and oxygen atoms in total. The largest absolute Gasteiger partial charge is 0.508 e. The van der Waals surface area contributed by atoms with Gasteiger partial charge in [0.05, 0.1) is 6.42 Å². The molecule has 1 aliphatic rings. The number of hydrogen-bond donors (Lipinski definition) is 1. The van der Waals surface area contributed by atoms with Crippen molar-refractivity contribution in [2.24, 2.45) is 5.92 Å². The molecule has 1 aromatic rings. The third-order valence-corrected chi connectivity index (χ3v) is 4.10. The zero-order chi connectivity index (χ0) is 15.1. The molecule has 1 atom stereocenters. The predicted octanol–water partition coefficient (Wildman–Crippen LogP) is 2.60. The van der Waals surface area contributed by atoms with Crippen molar-refractivity contribution in [1.29, 1.82) is 0 Å². The molecule has 1 fully saturated rings. The van der Waals surface area contributed by atoms with E-state index in [-0.39, 0.29) is 11.7 Å². The second-order valence-electron chi connectivity index (χ2n) is 5.83. The van der Waals surface area contributed by atoms with Crippen LogP contribution < -0.4 is 0 Å². The Labute approximate surface area is 126 Å². The number of aromatic hydroxyl groups is 1. The molecule has 1 heterocycles. The Bertz CT molecular complexity index is 461. The van der Waals surface area contributed by atoms with E-state index in [4.69, 9.17) is 4.74 Å². The first-order chi connectivity index (χ1) is 10.2. The van der Waals surface area contributed by atoms with Gasteiger partial charge in [-0.3, -0.25) is 4.79 Å². The third kappa shape index (κ3) is 5.05. The summed E-state index contributed by atoms with van der Waals surface area (Å²) in [4.78, 5) is 14.4. The lowest BCUT2D eigenvalue weighted by Gasteiger charge is -2.33. The van der Waals surface area contributed by atoms with E-state index in [1.54, 1.807) is 25.3 Å². The lowest BCUT2D eigenvalue weighted by molar-refractivity contribution is -0.132. The number of piperidine rings is 1. The number of benzene rings is 1. The van der Waals surface area contributed by atoms with Gasteiger partial charge in [-0.2, -0.15) is 0 Å². The van der Waals surface area contributed by atoms with Crippen molar-refractivity contribution < 1.29 is 14.6 Å². The molecular weight excluding hydrogens is 266 g/mol. The van der Waals surface area contributed by atoms with Gasteiger partial charge in [-0.15, -0.1) is 0 Å². The topological polar surface area (TPSA) is 49.8 Å². The first-order valence-corrected chi connectivity index (χ1v) is 7.73. The Hall–Kier alpha value is -1.55. The van der Waals surface area contributed by atoms with E-state index in [2.05, 4.69) is 0 Å². The van der Waals surface area contributed by atoms with Gasteiger partial charge in [0.2, 0.25) is 5.91 Å². The number of nitrogens with zero attached hydrogens (tertiary/aromatic N) is 1. The van der Waals surface area contributed by atoms with Crippen molar-refractivity contribution in [3.8, 4) is 5.75 Å². The maximum atomic E-state index is 12.4. The van der Waals surface area contributed by atoms with Crippen molar-refractivity contribution in [2.75, 3.05) is 26.8 Å². The van der Waals surface area contributed by atoms with E-state index in [9.17, 15) is 9.90 Å². The number of phenols is 1. The molecule has 0 aliphatic carbocycles. The van der Waals surface area contributed by atoms with Crippen LogP contribution in [0.4, 0.5) is 0 Å². The minimum absolute atomic E-state index is 0.164. The molecule has 21 heavy (non-hydrogen) atoms. The van der Waals surface area contributed by atoms with Crippen LogP contribution in [-0.2, 0) is 16.0 Å². The van der Waals surface area contributed by atoms with Gasteiger partial charge in [0.25, 0.3) is 0 Å². The monoisotopic (exact) mass is 291 g/mol. The van der Waals surface area contributed by atoms with E-state index in [1.165, 1.54) is 6.42 Å². The molecule has 116 valence electrons. The van der Waals surface area contributed by atoms with Crippen LogP contribution in [0.3, 0.4) is 0 Å². The molecule has 0 bridgehead atoms. The van der Waals surface area contributed by atoms with Crippen LogP contribution in [0.25, 0.3) is 0 Å². The summed E-state index contributed by atoms with van der Waals surface area (Å²) in [6, 6.07) is 6.96. The Balaban J connectivity index is 1.84. The summed E-state index contributed by atoms with van der Waals surface area (Å²) in [6.07, 6.45) is 4.86. The summed E-state index contributed by atoms with van der Waals surface area (Å²) < 4.78 is 5.09. The second-order valence-corrected chi connectivity index (χ2v) is 5.83. The Kier molecular flexibility index (Phi) is 6.05. The van der Waals surface area contributed by atoms with E-state index in [0.717, 1.165) is 44.5 Å². The fourth-order valence-electron chi connectivity index (χ4n) is 3.00. The first kappa shape index (κ1) is 15.8. The Morgan fingerprint density at radius 3 is 3.10 bits per heavy atom. The molecule has 0 radical (unpaired) electrons. The van der Waals surface area contributed by atoms with Crippen LogP contribution in [0, 0.1) is 5.92 Å². The first-order valence-electron chi connectivity index (χ1n) is 7.73. The molecule has 1 saturated heterocycles. The number of ether oxygens (including phenoxy) is 1. The van der Waals surface area contributed by atoms with Gasteiger partial charge < -0.3 is 14.7 Å². The van der Waals surface area contributed by atoms with Crippen molar-refractivity contribution in [3.05, 3.63) is 29.8 Å². The standard InChI is InChI=1S/C17H25NO3/c1-21-10-4-7-14-6-3-9-18(13-14)17(20)12-15-5-2-8-16(19)11-15/h2,5,8,11,14,19H,3-4,6-7,9-10,12-13H2,1H3/t14-/m1/s1.